The molecule has 0 saturated heterocycles. The normalized spacial score (nSPS) is 9.70. The Kier molecular flexibility index (Phi) is 6.59. The zero-order chi connectivity index (χ0) is 15.0. The molecule has 20 heavy (non-hydrogen) atoms. The molecular formula is C14H17ClN2O3. The number of benzene rings is 1. The van der Waals surface area contributed by atoms with Gasteiger partial charge < -0.3 is 15.0 Å². The number of hydrogen-bond donors (Lipinski definition) is 1. The number of anilines is 1. The Bertz CT molecular complexity index is 491. The third-order valence-electron chi connectivity index (χ3n) is 2.34. The van der Waals surface area contributed by atoms with Crippen molar-refractivity contribution in [3.63, 3.8) is 0 Å². The third-order valence-corrected chi connectivity index (χ3v) is 2.57. The molecule has 0 atom stereocenters. The molecule has 1 N–H and O–H groups in total. The SMILES string of the molecule is C=CCN(CC(=O)OCC)C(=O)Nc1cccc(Cl)c1. The van der Waals surface area contributed by atoms with E-state index in [9.17, 15) is 9.59 Å². The summed E-state index contributed by atoms with van der Waals surface area (Å²) in [6.45, 7) is 5.66. The fraction of sp³-hybridized carbons (Fsp3) is 0.286. The van der Waals surface area contributed by atoms with Gasteiger partial charge in [-0.2, -0.15) is 0 Å². The van der Waals surface area contributed by atoms with Crippen LogP contribution in [0.5, 0.6) is 0 Å². The molecule has 1 aromatic rings. The molecule has 0 heterocycles. The van der Waals surface area contributed by atoms with Gasteiger partial charge in [-0.1, -0.05) is 23.7 Å². The van der Waals surface area contributed by atoms with Crippen LogP contribution in [0.1, 0.15) is 6.92 Å². The maximum absolute atomic E-state index is 12.1. The van der Waals surface area contributed by atoms with Crippen LogP contribution in [0.25, 0.3) is 0 Å². The largest absolute Gasteiger partial charge is 0.465 e. The first-order valence-corrected chi connectivity index (χ1v) is 6.52. The minimum atomic E-state index is -0.462. The lowest BCUT2D eigenvalue weighted by molar-refractivity contribution is -0.143. The van der Waals surface area contributed by atoms with Crippen LogP contribution in [-0.4, -0.2) is 36.6 Å². The molecule has 0 aliphatic rings. The van der Waals surface area contributed by atoms with Crippen LogP contribution in [-0.2, 0) is 9.53 Å². The topological polar surface area (TPSA) is 58.6 Å². The molecule has 5 nitrogen and oxygen atoms in total. The number of nitrogens with zero attached hydrogens (tertiary/aromatic N) is 1. The summed E-state index contributed by atoms with van der Waals surface area (Å²) >= 11 is 5.84. The minimum absolute atomic E-state index is 0.133. The number of nitrogens with one attached hydrogen (secondary N) is 1. The van der Waals surface area contributed by atoms with Crippen molar-refractivity contribution in [3.8, 4) is 0 Å². The highest BCUT2D eigenvalue weighted by Crippen LogP contribution is 2.15. The van der Waals surface area contributed by atoms with E-state index in [0.29, 0.717) is 10.7 Å². The van der Waals surface area contributed by atoms with Crippen LogP contribution in [0.2, 0.25) is 5.02 Å². The zero-order valence-corrected chi connectivity index (χ0v) is 12.0. The number of rotatable bonds is 6. The fourth-order valence-electron chi connectivity index (χ4n) is 1.51. The molecule has 6 heteroatoms. The second-order valence-electron chi connectivity index (χ2n) is 3.91. The average molecular weight is 297 g/mol. The summed E-state index contributed by atoms with van der Waals surface area (Å²) in [6.07, 6.45) is 1.54. The Hall–Kier alpha value is -2.01. The first kappa shape index (κ1) is 16.0. The van der Waals surface area contributed by atoms with E-state index in [4.69, 9.17) is 16.3 Å². The van der Waals surface area contributed by atoms with E-state index in [-0.39, 0.29) is 19.7 Å². The molecule has 0 fully saturated rings. The van der Waals surface area contributed by atoms with E-state index < -0.39 is 12.0 Å². The van der Waals surface area contributed by atoms with Crippen LogP contribution in [0.3, 0.4) is 0 Å². The number of hydrogen-bond acceptors (Lipinski definition) is 3. The lowest BCUT2D eigenvalue weighted by atomic mass is 10.3. The maximum atomic E-state index is 12.1. The first-order chi connectivity index (χ1) is 9.56. The summed E-state index contributed by atoms with van der Waals surface area (Å²) in [5, 5.41) is 3.18. The lowest BCUT2D eigenvalue weighted by Gasteiger charge is -2.20. The Labute approximate surface area is 123 Å². The van der Waals surface area contributed by atoms with Crippen molar-refractivity contribution in [2.45, 2.75) is 6.92 Å². The standard InChI is InChI=1S/C14H17ClN2O3/c1-3-8-17(10-13(18)20-4-2)14(19)16-12-7-5-6-11(15)9-12/h3,5-7,9H,1,4,8,10H2,2H3,(H,16,19). The van der Waals surface area contributed by atoms with Gasteiger partial charge in [-0.3, -0.25) is 4.79 Å². The number of urea groups is 1. The molecule has 1 aromatic carbocycles. The molecule has 0 unspecified atom stereocenters. The third kappa shape index (κ3) is 5.32. The monoisotopic (exact) mass is 296 g/mol. The van der Waals surface area contributed by atoms with Gasteiger partial charge in [-0.25, -0.2) is 4.79 Å². The molecule has 0 aliphatic heterocycles. The molecule has 1 rings (SSSR count). The van der Waals surface area contributed by atoms with Crippen LogP contribution in [0.15, 0.2) is 36.9 Å². The highest BCUT2D eigenvalue weighted by molar-refractivity contribution is 6.30. The van der Waals surface area contributed by atoms with Crippen molar-refractivity contribution >= 4 is 29.3 Å². The van der Waals surface area contributed by atoms with Crippen LogP contribution in [0.4, 0.5) is 10.5 Å². The number of ether oxygens (including phenoxy) is 1. The van der Waals surface area contributed by atoms with Gasteiger partial charge in [0.2, 0.25) is 0 Å². The molecule has 108 valence electrons. The van der Waals surface area contributed by atoms with E-state index in [1.165, 1.54) is 11.0 Å². The summed E-state index contributed by atoms with van der Waals surface area (Å²) in [5.74, 6) is -0.462. The molecule has 2 amide bonds. The average Bonchev–Trinajstić information content (AvgIpc) is 2.38. The number of amides is 2. The minimum Gasteiger partial charge on any atom is -0.465 e. The van der Waals surface area contributed by atoms with Crippen molar-refractivity contribution in [3.05, 3.63) is 41.9 Å². The molecule has 0 radical (unpaired) electrons. The van der Waals surface area contributed by atoms with Gasteiger partial charge in [0.25, 0.3) is 0 Å². The lowest BCUT2D eigenvalue weighted by Crippen LogP contribution is -2.39. The predicted octanol–water partition coefficient (Wildman–Crippen LogP) is 2.92. The van der Waals surface area contributed by atoms with Gasteiger partial charge in [-0.05, 0) is 25.1 Å². The summed E-state index contributed by atoms with van der Waals surface area (Å²) in [6, 6.07) is 6.34. The summed E-state index contributed by atoms with van der Waals surface area (Å²) in [7, 11) is 0. The van der Waals surface area contributed by atoms with Gasteiger partial charge in [0.1, 0.15) is 6.54 Å². The van der Waals surface area contributed by atoms with Crippen molar-refractivity contribution in [1.29, 1.82) is 0 Å². The Morgan fingerprint density at radius 3 is 2.85 bits per heavy atom. The first-order valence-electron chi connectivity index (χ1n) is 6.14. The Morgan fingerprint density at radius 1 is 1.50 bits per heavy atom. The fourth-order valence-corrected chi connectivity index (χ4v) is 1.70. The van der Waals surface area contributed by atoms with E-state index in [1.54, 1.807) is 31.2 Å². The van der Waals surface area contributed by atoms with Crippen LogP contribution in [0, 0.1) is 0 Å². The smallest absolute Gasteiger partial charge is 0.325 e. The highest BCUT2D eigenvalue weighted by atomic mass is 35.5. The van der Waals surface area contributed by atoms with Gasteiger partial charge >= 0.3 is 12.0 Å². The highest BCUT2D eigenvalue weighted by Gasteiger charge is 2.16. The van der Waals surface area contributed by atoms with Gasteiger partial charge in [0, 0.05) is 17.3 Å². The van der Waals surface area contributed by atoms with Crippen molar-refractivity contribution in [1.82, 2.24) is 4.90 Å². The number of esters is 1. The number of carbonyl (C=O) groups excluding carboxylic acids is 2. The van der Waals surface area contributed by atoms with Crippen LogP contribution < -0.4 is 5.32 Å². The quantitative estimate of drug-likeness (QED) is 0.648. The Morgan fingerprint density at radius 2 is 2.25 bits per heavy atom. The van der Waals surface area contributed by atoms with E-state index >= 15 is 0 Å². The molecular weight excluding hydrogens is 280 g/mol. The van der Waals surface area contributed by atoms with Crippen molar-refractivity contribution in [2.24, 2.45) is 0 Å². The molecule has 0 aromatic heterocycles. The Balaban J connectivity index is 2.68. The molecule has 0 aliphatic carbocycles. The van der Waals surface area contributed by atoms with Crippen molar-refractivity contribution in [2.75, 3.05) is 25.0 Å². The van der Waals surface area contributed by atoms with E-state index in [2.05, 4.69) is 11.9 Å². The maximum Gasteiger partial charge on any atom is 0.325 e. The zero-order valence-electron chi connectivity index (χ0n) is 11.3. The second-order valence-corrected chi connectivity index (χ2v) is 4.35. The van der Waals surface area contributed by atoms with Crippen LogP contribution >= 0.6 is 11.6 Å². The number of carbonyl (C=O) groups is 2. The summed E-state index contributed by atoms with van der Waals surface area (Å²) < 4.78 is 4.82. The van der Waals surface area contributed by atoms with E-state index in [0.717, 1.165) is 0 Å². The summed E-state index contributed by atoms with van der Waals surface area (Å²) in [5.41, 5.74) is 0.556. The van der Waals surface area contributed by atoms with Gasteiger partial charge in [-0.15, -0.1) is 6.58 Å². The summed E-state index contributed by atoms with van der Waals surface area (Å²) in [4.78, 5) is 24.8. The molecule has 0 spiro atoms. The number of halogens is 1. The molecule has 0 bridgehead atoms. The second kappa shape index (κ2) is 8.22. The molecule has 0 saturated carbocycles. The van der Waals surface area contributed by atoms with E-state index in [1.807, 2.05) is 0 Å². The predicted molar refractivity (Wildman–Crippen MR) is 78.9 cm³/mol. The van der Waals surface area contributed by atoms with Crippen molar-refractivity contribution < 1.29 is 14.3 Å². The van der Waals surface area contributed by atoms with Gasteiger partial charge in [0.05, 0.1) is 6.61 Å². The van der Waals surface area contributed by atoms with Gasteiger partial charge in [0.15, 0.2) is 0 Å².